The van der Waals surface area contributed by atoms with E-state index >= 15 is 0 Å². The van der Waals surface area contributed by atoms with Gasteiger partial charge in [0.1, 0.15) is 0 Å². The van der Waals surface area contributed by atoms with E-state index in [1.165, 1.54) is 58.0 Å². The Bertz CT molecular complexity index is 263. The van der Waals surface area contributed by atoms with Crippen molar-refractivity contribution in [3.05, 3.63) is 0 Å². The first-order valence-electron chi connectivity index (χ1n) is 7.74. The summed E-state index contributed by atoms with van der Waals surface area (Å²) in [5, 5.41) is 8.99. The minimum Gasteiger partial charge on any atom is -0.300 e. The normalized spacial score (nSPS) is 21.8. The Morgan fingerprint density at radius 3 is 2.72 bits per heavy atom. The van der Waals surface area contributed by atoms with Crippen LogP contribution in [0.4, 0.5) is 0 Å². The highest BCUT2D eigenvalue weighted by molar-refractivity contribution is 4.91. The van der Waals surface area contributed by atoms with Crippen LogP contribution >= 0.6 is 0 Å². The summed E-state index contributed by atoms with van der Waals surface area (Å²) in [6, 6.07) is 3.24. The third-order valence-electron chi connectivity index (χ3n) is 4.17. The molecule has 2 nitrogen and oxygen atoms in total. The van der Waals surface area contributed by atoms with Crippen molar-refractivity contribution >= 4 is 0 Å². The summed E-state index contributed by atoms with van der Waals surface area (Å²) in [6.07, 6.45) is 10.4. The second-order valence-corrected chi connectivity index (χ2v) is 6.43. The van der Waals surface area contributed by atoms with Crippen LogP contribution in [0.1, 0.15) is 72.1 Å². The molecule has 1 atom stereocenters. The van der Waals surface area contributed by atoms with E-state index in [2.05, 4.69) is 17.9 Å². The maximum atomic E-state index is 8.99. The number of hydrogen-bond acceptors (Lipinski definition) is 2. The van der Waals surface area contributed by atoms with E-state index in [0.717, 1.165) is 12.5 Å². The van der Waals surface area contributed by atoms with Gasteiger partial charge in [0, 0.05) is 6.04 Å². The number of likely N-dealkylation sites (tertiary alicyclic amines) is 1. The molecule has 1 rings (SSSR count). The van der Waals surface area contributed by atoms with Gasteiger partial charge in [0.05, 0.1) is 11.5 Å². The van der Waals surface area contributed by atoms with Crippen molar-refractivity contribution in [2.45, 2.75) is 78.2 Å². The molecule has 1 aliphatic heterocycles. The van der Waals surface area contributed by atoms with E-state index < -0.39 is 0 Å². The number of piperidine rings is 1. The molecule has 2 heteroatoms. The van der Waals surface area contributed by atoms with Crippen LogP contribution in [0.2, 0.25) is 0 Å². The molecular formula is C16H30N2. The summed E-state index contributed by atoms with van der Waals surface area (Å²) >= 11 is 0. The quantitative estimate of drug-likeness (QED) is 0.628. The van der Waals surface area contributed by atoms with Crippen LogP contribution in [-0.4, -0.2) is 24.0 Å². The molecule has 0 spiro atoms. The summed E-state index contributed by atoms with van der Waals surface area (Å²) < 4.78 is 0. The van der Waals surface area contributed by atoms with Crippen molar-refractivity contribution in [3.63, 3.8) is 0 Å². The molecule has 0 amide bonds. The van der Waals surface area contributed by atoms with Gasteiger partial charge in [-0.05, 0) is 59.0 Å². The van der Waals surface area contributed by atoms with E-state index in [1.54, 1.807) is 0 Å². The second kappa shape index (κ2) is 7.79. The molecule has 1 unspecified atom stereocenters. The first kappa shape index (κ1) is 15.5. The Kier molecular flexibility index (Phi) is 6.71. The number of nitrogens with zero attached hydrogens (tertiary/aromatic N) is 2. The maximum Gasteiger partial charge on any atom is 0.0683 e. The minimum absolute atomic E-state index is 0.134. The molecular weight excluding hydrogens is 220 g/mol. The summed E-state index contributed by atoms with van der Waals surface area (Å²) in [5.74, 6) is 0. The Balaban J connectivity index is 2.22. The number of unbranched alkanes of at least 4 members (excludes halogenated alkanes) is 1. The third-order valence-corrected chi connectivity index (χ3v) is 4.17. The number of hydrogen-bond donors (Lipinski definition) is 0. The first-order valence-corrected chi connectivity index (χ1v) is 7.74. The van der Waals surface area contributed by atoms with Crippen molar-refractivity contribution in [1.29, 1.82) is 5.26 Å². The predicted octanol–water partition coefficient (Wildman–Crippen LogP) is 4.36. The molecule has 104 valence electrons. The topological polar surface area (TPSA) is 27.0 Å². The Morgan fingerprint density at radius 2 is 2.06 bits per heavy atom. The highest BCUT2D eigenvalue weighted by Crippen LogP contribution is 2.24. The predicted molar refractivity (Wildman–Crippen MR) is 77.4 cm³/mol. The highest BCUT2D eigenvalue weighted by Gasteiger charge is 2.21. The lowest BCUT2D eigenvalue weighted by Gasteiger charge is -2.35. The lowest BCUT2D eigenvalue weighted by molar-refractivity contribution is 0.136. The van der Waals surface area contributed by atoms with Crippen LogP contribution < -0.4 is 0 Å². The van der Waals surface area contributed by atoms with Gasteiger partial charge in [-0.15, -0.1) is 0 Å². The standard InChI is InChI=1S/C16H30N2/c1-4-9-15-10-5-7-12-18(15)13-8-6-11-16(2,3)14-17/h15H,4-13H2,1-3H3. The SMILES string of the molecule is CCCC1CCCCN1CCCCC(C)(C)C#N. The Morgan fingerprint density at radius 1 is 1.28 bits per heavy atom. The molecule has 1 fully saturated rings. The zero-order chi connectivity index (χ0) is 13.4. The smallest absolute Gasteiger partial charge is 0.0683 e. The molecule has 1 saturated heterocycles. The van der Waals surface area contributed by atoms with Gasteiger partial charge in [-0.25, -0.2) is 0 Å². The van der Waals surface area contributed by atoms with Crippen LogP contribution in [0.3, 0.4) is 0 Å². The fourth-order valence-corrected chi connectivity index (χ4v) is 2.95. The molecule has 0 aliphatic carbocycles. The van der Waals surface area contributed by atoms with Crippen LogP contribution in [0.5, 0.6) is 0 Å². The summed E-state index contributed by atoms with van der Waals surface area (Å²) in [4.78, 5) is 2.70. The van der Waals surface area contributed by atoms with Gasteiger partial charge in [-0.3, -0.25) is 0 Å². The van der Waals surface area contributed by atoms with Gasteiger partial charge in [0.25, 0.3) is 0 Å². The monoisotopic (exact) mass is 250 g/mol. The van der Waals surface area contributed by atoms with Gasteiger partial charge in [0.15, 0.2) is 0 Å². The fourth-order valence-electron chi connectivity index (χ4n) is 2.95. The second-order valence-electron chi connectivity index (χ2n) is 6.43. The van der Waals surface area contributed by atoms with E-state index in [-0.39, 0.29) is 5.41 Å². The number of rotatable bonds is 7. The van der Waals surface area contributed by atoms with E-state index in [9.17, 15) is 0 Å². The van der Waals surface area contributed by atoms with E-state index in [1.807, 2.05) is 13.8 Å². The van der Waals surface area contributed by atoms with Crippen molar-refractivity contribution in [2.75, 3.05) is 13.1 Å². The van der Waals surface area contributed by atoms with Gasteiger partial charge >= 0.3 is 0 Å². The average Bonchev–Trinajstić information content (AvgIpc) is 2.37. The zero-order valence-corrected chi connectivity index (χ0v) is 12.5. The Hall–Kier alpha value is -0.550. The lowest BCUT2D eigenvalue weighted by atomic mass is 9.89. The summed E-state index contributed by atoms with van der Waals surface area (Å²) in [5.41, 5.74) is -0.134. The lowest BCUT2D eigenvalue weighted by Crippen LogP contribution is -2.40. The Labute approximate surface area is 113 Å². The average molecular weight is 250 g/mol. The molecule has 0 aromatic rings. The van der Waals surface area contributed by atoms with Crippen LogP contribution in [0, 0.1) is 16.7 Å². The van der Waals surface area contributed by atoms with Gasteiger partial charge in [0.2, 0.25) is 0 Å². The molecule has 1 heterocycles. The minimum atomic E-state index is -0.134. The van der Waals surface area contributed by atoms with Gasteiger partial charge in [-0.1, -0.05) is 26.2 Å². The number of nitriles is 1. The van der Waals surface area contributed by atoms with Crippen LogP contribution in [-0.2, 0) is 0 Å². The van der Waals surface area contributed by atoms with Crippen LogP contribution in [0.25, 0.3) is 0 Å². The molecule has 0 radical (unpaired) electrons. The van der Waals surface area contributed by atoms with Gasteiger partial charge < -0.3 is 4.90 Å². The summed E-state index contributed by atoms with van der Waals surface area (Å²) in [6.45, 7) is 8.93. The highest BCUT2D eigenvalue weighted by atomic mass is 15.2. The molecule has 0 saturated carbocycles. The van der Waals surface area contributed by atoms with E-state index in [4.69, 9.17) is 5.26 Å². The molecule has 0 aromatic heterocycles. The fraction of sp³-hybridized carbons (Fsp3) is 0.938. The zero-order valence-electron chi connectivity index (χ0n) is 12.5. The van der Waals surface area contributed by atoms with Crippen molar-refractivity contribution in [2.24, 2.45) is 5.41 Å². The van der Waals surface area contributed by atoms with Crippen molar-refractivity contribution < 1.29 is 0 Å². The summed E-state index contributed by atoms with van der Waals surface area (Å²) in [7, 11) is 0. The van der Waals surface area contributed by atoms with Crippen molar-refractivity contribution in [1.82, 2.24) is 4.90 Å². The van der Waals surface area contributed by atoms with Crippen LogP contribution in [0.15, 0.2) is 0 Å². The van der Waals surface area contributed by atoms with Gasteiger partial charge in [-0.2, -0.15) is 5.26 Å². The molecule has 1 aliphatic rings. The largest absolute Gasteiger partial charge is 0.300 e. The first-order chi connectivity index (χ1) is 8.59. The molecule has 0 bridgehead atoms. The molecule has 0 N–H and O–H groups in total. The molecule has 18 heavy (non-hydrogen) atoms. The van der Waals surface area contributed by atoms with E-state index in [0.29, 0.717) is 0 Å². The van der Waals surface area contributed by atoms with Crippen molar-refractivity contribution in [3.8, 4) is 6.07 Å². The third kappa shape index (κ3) is 5.40. The maximum absolute atomic E-state index is 8.99. The molecule has 0 aromatic carbocycles.